The van der Waals surface area contributed by atoms with Crippen molar-refractivity contribution in [3.63, 3.8) is 0 Å². The zero-order valence-corrected chi connectivity index (χ0v) is 15.2. The molecule has 0 spiro atoms. The summed E-state index contributed by atoms with van der Waals surface area (Å²) in [5, 5.41) is 9.03. The van der Waals surface area contributed by atoms with E-state index in [4.69, 9.17) is 9.88 Å². The molecule has 0 amide bonds. The highest BCUT2D eigenvalue weighted by molar-refractivity contribution is 7.88. The van der Waals surface area contributed by atoms with Gasteiger partial charge in [0.15, 0.2) is 0 Å². The van der Waals surface area contributed by atoms with Crippen LogP contribution >= 0.6 is 0 Å². The SMILES string of the molecule is COc1ccc(-c2cc(C(F)F)nn2-c2ccc(CS(N)(=O)=O)cc2)cc1. The normalized spacial score (nSPS) is 11.7. The summed E-state index contributed by atoms with van der Waals surface area (Å²) in [6.45, 7) is 0. The maximum Gasteiger partial charge on any atom is 0.282 e. The van der Waals surface area contributed by atoms with Crippen LogP contribution in [0.4, 0.5) is 8.78 Å². The second-order valence-electron chi connectivity index (χ2n) is 5.87. The fraction of sp³-hybridized carbons (Fsp3) is 0.167. The number of primary sulfonamides is 1. The molecule has 2 aromatic carbocycles. The fourth-order valence-electron chi connectivity index (χ4n) is 2.64. The van der Waals surface area contributed by atoms with Crippen LogP contribution in [-0.4, -0.2) is 25.3 Å². The van der Waals surface area contributed by atoms with E-state index in [0.717, 1.165) is 0 Å². The molecule has 0 unspecified atom stereocenters. The number of alkyl halides is 2. The van der Waals surface area contributed by atoms with Crippen molar-refractivity contribution < 1.29 is 21.9 Å². The Labute approximate surface area is 155 Å². The van der Waals surface area contributed by atoms with Crippen LogP contribution in [0.25, 0.3) is 16.9 Å². The molecule has 0 radical (unpaired) electrons. The van der Waals surface area contributed by atoms with Crippen LogP contribution in [0.5, 0.6) is 5.75 Å². The van der Waals surface area contributed by atoms with E-state index in [2.05, 4.69) is 5.10 Å². The molecule has 0 bridgehead atoms. The van der Waals surface area contributed by atoms with Crippen molar-refractivity contribution in [1.82, 2.24) is 9.78 Å². The quantitative estimate of drug-likeness (QED) is 0.696. The molecule has 0 saturated carbocycles. The summed E-state index contributed by atoms with van der Waals surface area (Å²) in [6.07, 6.45) is -2.72. The number of nitrogens with zero attached hydrogens (tertiary/aromatic N) is 2. The van der Waals surface area contributed by atoms with E-state index >= 15 is 0 Å². The highest BCUT2D eigenvalue weighted by atomic mass is 32.2. The number of methoxy groups -OCH3 is 1. The Hall–Kier alpha value is -2.78. The lowest BCUT2D eigenvalue weighted by Gasteiger charge is -2.09. The molecule has 2 N–H and O–H groups in total. The van der Waals surface area contributed by atoms with Crippen LogP contribution in [0, 0.1) is 0 Å². The van der Waals surface area contributed by atoms with Crippen molar-refractivity contribution in [3.05, 3.63) is 65.9 Å². The predicted molar refractivity (Wildman–Crippen MR) is 97.3 cm³/mol. The van der Waals surface area contributed by atoms with Crippen molar-refractivity contribution in [2.24, 2.45) is 5.14 Å². The molecule has 0 aliphatic rings. The number of ether oxygens (including phenoxy) is 1. The topological polar surface area (TPSA) is 87.2 Å². The van der Waals surface area contributed by atoms with Gasteiger partial charge in [-0.2, -0.15) is 5.10 Å². The van der Waals surface area contributed by atoms with Crippen LogP contribution < -0.4 is 9.88 Å². The zero-order valence-electron chi connectivity index (χ0n) is 14.3. The van der Waals surface area contributed by atoms with Crippen LogP contribution in [-0.2, 0) is 15.8 Å². The number of halogens is 2. The van der Waals surface area contributed by atoms with E-state index in [1.165, 1.54) is 17.9 Å². The second kappa shape index (κ2) is 7.45. The third-order valence-corrected chi connectivity index (χ3v) is 4.62. The number of nitrogens with two attached hydrogens (primary N) is 1. The Morgan fingerprint density at radius 1 is 1.11 bits per heavy atom. The molecule has 9 heteroatoms. The van der Waals surface area contributed by atoms with E-state index in [1.807, 2.05) is 0 Å². The smallest absolute Gasteiger partial charge is 0.282 e. The number of benzene rings is 2. The van der Waals surface area contributed by atoms with Gasteiger partial charge in [0.25, 0.3) is 6.43 Å². The van der Waals surface area contributed by atoms with Crippen LogP contribution in [0.2, 0.25) is 0 Å². The molecule has 0 saturated heterocycles. The Morgan fingerprint density at radius 3 is 2.26 bits per heavy atom. The monoisotopic (exact) mass is 393 g/mol. The molecule has 3 rings (SSSR count). The van der Waals surface area contributed by atoms with E-state index in [0.29, 0.717) is 28.3 Å². The van der Waals surface area contributed by atoms with Crippen molar-refractivity contribution >= 4 is 10.0 Å². The molecule has 0 aliphatic carbocycles. The second-order valence-corrected chi connectivity index (χ2v) is 7.48. The Kier molecular flexibility index (Phi) is 5.24. The lowest BCUT2D eigenvalue weighted by atomic mass is 10.1. The number of rotatable bonds is 6. The first-order valence-electron chi connectivity index (χ1n) is 7.89. The van der Waals surface area contributed by atoms with E-state index in [1.54, 1.807) is 48.5 Å². The number of aromatic nitrogens is 2. The Morgan fingerprint density at radius 2 is 1.74 bits per heavy atom. The van der Waals surface area contributed by atoms with Gasteiger partial charge in [0.05, 0.1) is 24.2 Å². The predicted octanol–water partition coefficient (Wildman–Crippen LogP) is 3.27. The molecular weight excluding hydrogens is 376 g/mol. The molecule has 0 aliphatic heterocycles. The molecular formula is C18H17F2N3O3S. The maximum atomic E-state index is 13.2. The van der Waals surface area contributed by atoms with Crippen LogP contribution in [0.15, 0.2) is 54.6 Å². The number of hydrogen-bond donors (Lipinski definition) is 1. The summed E-state index contributed by atoms with van der Waals surface area (Å²) in [4.78, 5) is 0. The van der Waals surface area contributed by atoms with Gasteiger partial charge >= 0.3 is 0 Å². The molecule has 27 heavy (non-hydrogen) atoms. The van der Waals surface area contributed by atoms with Crippen LogP contribution in [0.1, 0.15) is 17.7 Å². The van der Waals surface area contributed by atoms with Crippen molar-refractivity contribution in [1.29, 1.82) is 0 Å². The highest BCUT2D eigenvalue weighted by Crippen LogP contribution is 2.29. The fourth-order valence-corrected chi connectivity index (χ4v) is 3.29. The lowest BCUT2D eigenvalue weighted by Crippen LogP contribution is -2.14. The van der Waals surface area contributed by atoms with Gasteiger partial charge in [-0.3, -0.25) is 0 Å². The first-order valence-corrected chi connectivity index (χ1v) is 9.61. The van der Waals surface area contributed by atoms with Gasteiger partial charge in [0.1, 0.15) is 11.4 Å². The maximum absolute atomic E-state index is 13.2. The molecule has 0 atom stereocenters. The van der Waals surface area contributed by atoms with Crippen molar-refractivity contribution in [3.8, 4) is 22.7 Å². The first kappa shape index (κ1) is 19.0. The minimum absolute atomic E-state index is 0.306. The van der Waals surface area contributed by atoms with Gasteiger partial charge in [-0.15, -0.1) is 0 Å². The summed E-state index contributed by atoms with van der Waals surface area (Å²) in [7, 11) is -2.11. The number of sulfonamides is 1. The summed E-state index contributed by atoms with van der Waals surface area (Å²) >= 11 is 0. The van der Waals surface area contributed by atoms with Gasteiger partial charge in [-0.25, -0.2) is 27.0 Å². The van der Waals surface area contributed by atoms with Crippen molar-refractivity contribution in [2.45, 2.75) is 12.2 Å². The summed E-state index contributed by atoms with van der Waals surface area (Å²) < 4.78 is 55.3. The van der Waals surface area contributed by atoms with Gasteiger partial charge in [-0.05, 0) is 48.0 Å². The molecule has 6 nitrogen and oxygen atoms in total. The van der Waals surface area contributed by atoms with E-state index < -0.39 is 16.4 Å². The molecule has 0 fully saturated rings. The first-order chi connectivity index (χ1) is 12.8. The lowest BCUT2D eigenvalue weighted by molar-refractivity contribution is 0.145. The van der Waals surface area contributed by atoms with Gasteiger partial charge < -0.3 is 4.74 Å². The van der Waals surface area contributed by atoms with Crippen LogP contribution in [0.3, 0.4) is 0 Å². The summed E-state index contributed by atoms with van der Waals surface area (Å²) in [5.74, 6) is 0.339. The third kappa shape index (κ3) is 4.50. The number of hydrogen-bond acceptors (Lipinski definition) is 4. The summed E-state index contributed by atoms with van der Waals surface area (Å²) in [6, 6.07) is 14.6. The van der Waals surface area contributed by atoms with Gasteiger partial charge in [0, 0.05) is 5.56 Å². The molecule has 3 aromatic rings. The largest absolute Gasteiger partial charge is 0.497 e. The highest BCUT2D eigenvalue weighted by Gasteiger charge is 2.18. The molecule has 1 aromatic heterocycles. The third-order valence-electron chi connectivity index (χ3n) is 3.89. The van der Waals surface area contributed by atoms with Gasteiger partial charge in [0.2, 0.25) is 10.0 Å². The standard InChI is InChI=1S/C18H17F2N3O3S/c1-26-15-8-4-13(5-9-15)17-10-16(18(19)20)22-23(17)14-6-2-12(3-7-14)11-27(21,24)25/h2-10,18H,11H2,1H3,(H2,21,24,25). The van der Waals surface area contributed by atoms with E-state index in [9.17, 15) is 17.2 Å². The van der Waals surface area contributed by atoms with Gasteiger partial charge in [-0.1, -0.05) is 12.1 Å². The Bertz CT molecular complexity index is 1030. The average Bonchev–Trinajstić information content (AvgIpc) is 3.07. The Balaban J connectivity index is 2.03. The van der Waals surface area contributed by atoms with E-state index in [-0.39, 0.29) is 11.4 Å². The molecule has 1 heterocycles. The molecule has 142 valence electrons. The summed E-state index contributed by atoms with van der Waals surface area (Å²) in [5.41, 5.74) is 1.82. The van der Waals surface area contributed by atoms with Crippen molar-refractivity contribution in [2.75, 3.05) is 7.11 Å². The average molecular weight is 393 g/mol. The minimum atomic E-state index is -3.65. The minimum Gasteiger partial charge on any atom is -0.497 e. The zero-order chi connectivity index (χ0) is 19.6.